The molecule has 112 valence electrons. The number of aromatic nitrogens is 1. The summed E-state index contributed by atoms with van der Waals surface area (Å²) in [5.74, 6) is 7.15. The van der Waals surface area contributed by atoms with Crippen LogP contribution in [0.15, 0.2) is 41.1 Å². The Kier molecular flexibility index (Phi) is 5.55. The van der Waals surface area contributed by atoms with Crippen molar-refractivity contribution >= 4 is 15.9 Å². The zero-order valence-corrected chi connectivity index (χ0v) is 13.6. The lowest BCUT2D eigenvalue weighted by molar-refractivity contribution is 0.379. The summed E-state index contributed by atoms with van der Waals surface area (Å²) in [6.07, 6.45) is 4.29. The summed E-state index contributed by atoms with van der Waals surface area (Å²) in [7, 11) is 3.24. The molecule has 6 heteroatoms. The third kappa shape index (κ3) is 3.53. The van der Waals surface area contributed by atoms with E-state index >= 15 is 0 Å². The van der Waals surface area contributed by atoms with E-state index in [0.29, 0.717) is 17.9 Å². The quantitative estimate of drug-likeness (QED) is 0.618. The van der Waals surface area contributed by atoms with Crippen molar-refractivity contribution in [1.29, 1.82) is 0 Å². The lowest BCUT2D eigenvalue weighted by Gasteiger charge is -2.21. The molecule has 0 aliphatic carbocycles. The van der Waals surface area contributed by atoms with E-state index in [0.717, 1.165) is 15.6 Å². The highest BCUT2D eigenvalue weighted by molar-refractivity contribution is 9.10. The fourth-order valence-electron chi connectivity index (χ4n) is 2.21. The Labute approximate surface area is 132 Å². The zero-order valence-electron chi connectivity index (χ0n) is 12.0. The van der Waals surface area contributed by atoms with Crippen molar-refractivity contribution in [1.82, 2.24) is 10.4 Å². The summed E-state index contributed by atoms with van der Waals surface area (Å²) >= 11 is 3.50. The average molecular weight is 352 g/mol. The molecule has 0 spiro atoms. The molecule has 1 atom stereocenters. The molecule has 0 amide bonds. The normalized spacial score (nSPS) is 12.0. The summed E-state index contributed by atoms with van der Waals surface area (Å²) < 4.78 is 11.6. The van der Waals surface area contributed by atoms with Crippen LogP contribution in [0, 0.1) is 0 Å². The Morgan fingerprint density at radius 2 is 2.10 bits per heavy atom. The molecular weight excluding hydrogens is 334 g/mol. The maximum absolute atomic E-state index is 5.72. The number of rotatable bonds is 6. The van der Waals surface area contributed by atoms with Gasteiger partial charge in [0.15, 0.2) is 0 Å². The van der Waals surface area contributed by atoms with Crippen molar-refractivity contribution in [3.05, 3.63) is 52.3 Å². The van der Waals surface area contributed by atoms with E-state index in [4.69, 9.17) is 15.3 Å². The van der Waals surface area contributed by atoms with Crippen molar-refractivity contribution in [3.63, 3.8) is 0 Å². The van der Waals surface area contributed by atoms with E-state index in [9.17, 15) is 0 Å². The van der Waals surface area contributed by atoms with Crippen LogP contribution >= 0.6 is 15.9 Å². The second kappa shape index (κ2) is 7.40. The zero-order chi connectivity index (χ0) is 15.2. The number of halogens is 1. The van der Waals surface area contributed by atoms with E-state index in [-0.39, 0.29) is 6.04 Å². The molecule has 0 fully saturated rings. The van der Waals surface area contributed by atoms with Crippen LogP contribution in [0.2, 0.25) is 0 Å². The Morgan fingerprint density at radius 1 is 1.29 bits per heavy atom. The second-order valence-corrected chi connectivity index (χ2v) is 5.28. The Balaban J connectivity index is 2.36. The molecule has 0 saturated heterocycles. The van der Waals surface area contributed by atoms with E-state index in [1.165, 1.54) is 0 Å². The molecule has 5 nitrogen and oxygen atoms in total. The predicted molar refractivity (Wildman–Crippen MR) is 85.3 cm³/mol. The highest BCUT2D eigenvalue weighted by Gasteiger charge is 2.20. The number of ether oxygens (including phenoxy) is 2. The highest BCUT2D eigenvalue weighted by atomic mass is 79.9. The molecule has 21 heavy (non-hydrogen) atoms. The summed E-state index contributed by atoms with van der Waals surface area (Å²) in [4.78, 5) is 4.12. The molecule has 2 rings (SSSR count). The molecule has 1 aromatic heterocycles. The van der Waals surface area contributed by atoms with E-state index in [1.54, 1.807) is 20.4 Å². The van der Waals surface area contributed by atoms with Crippen LogP contribution in [0.3, 0.4) is 0 Å². The first kappa shape index (κ1) is 15.8. The van der Waals surface area contributed by atoms with Gasteiger partial charge >= 0.3 is 0 Å². The van der Waals surface area contributed by atoms with Gasteiger partial charge in [0.1, 0.15) is 16.0 Å². The van der Waals surface area contributed by atoms with Gasteiger partial charge in [-0.2, -0.15) is 0 Å². The van der Waals surface area contributed by atoms with Gasteiger partial charge < -0.3 is 9.47 Å². The molecule has 1 aromatic carbocycles. The SMILES string of the molecule is COc1ccc(C(Cc2cccnc2)NN)c(OC)c1Br. The van der Waals surface area contributed by atoms with Gasteiger partial charge in [-0.3, -0.25) is 16.3 Å². The topological polar surface area (TPSA) is 69.4 Å². The van der Waals surface area contributed by atoms with Crippen molar-refractivity contribution in [2.24, 2.45) is 5.84 Å². The molecule has 0 aliphatic rings. The van der Waals surface area contributed by atoms with Gasteiger partial charge in [-0.25, -0.2) is 0 Å². The van der Waals surface area contributed by atoms with Gasteiger partial charge in [-0.05, 0) is 46.1 Å². The lowest BCUT2D eigenvalue weighted by Crippen LogP contribution is -2.30. The number of pyridine rings is 1. The molecule has 2 aromatic rings. The maximum Gasteiger partial charge on any atom is 0.141 e. The summed E-state index contributed by atoms with van der Waals surface area (Å²) in [6, 6.07) is 7.66. The minimum absolute atomic E-state index is 0.0913. The monoisotopic (exact) mass is 351 g/mol. The van der Waals surface area contributed by atoms with Crippen LogP contribution in [0.4, 0.5) is 0 Å². The van der Waals surface area contributed by atoms with Crippen LogP contribution < -0.4 is 20.7 Å². The van der Waals surface area contributed by atoms with E-state index in [1.807, 2.05) is 30.5 Å². The second-order valence-electron chi connectivity index (χ2n) is 4.49. The first-order valence-corrected chi connectivity index (χ1v) is 7.26. The number of benzene rings is 1. The lowest BCUT2D eigenvalue weighted by atomic mass is 9.99. The van der Waals surface area contributed by atoms with E-state index in [2.05, 4.69) is 26.3 Å². The van der Waals surface area contributed by atoms with Crippen LogP contribution in [0.5, 0.6) is 11.5 Å². The van der Waals surface area contributed by atoms with Gasteiger partial charge in [0.05, 0.1) is 20.3 Å². The average Bonchev–Trinajstić information content (AvgIpc) is 2.53. The van der Waals surface area contributed by atoms with Gasteiger partial charge in [-0.1, -0.05) is 6.07 Å². The number of hydrogen-bond acceptors (Lipinski definition) is 5. The number of hydrazine groups is 1. The summed E-state index contributed by atoms with van der Waals surface area (Å²) in [5, 5.41) is 0. The van der Waals surface area contributed by atoms with Crippen molar-refractivity contribution in [2.75, 3.05) is 14.2 Å². The Bertz CT molecular complexity index is 593. The molecule has 0 saturated carbocycles. The third-order valence-electron chi connectivity index (χ3n) is 3.26. The van der Waals surface area contributed by atoms with Crippen molar-refractivity contribution in [3.8, 4) is 11.5 Å². The third-order valence-corrected chi connectivity index (χ3v) is 4.01. The first-order valence-electron chi connectivity index (χ1n) is 6.46. The van der Waals surface area contributed by atoms with Gasteiger partial charge in [0, 0.05) is 18.0 Å². The molecule has 1 unspecified atom stereocenters. The molecule has 3 N–H and O–H groups in total. The van der Waals surface area contributed by atoms with Crippen LogP contribution in [0.1, 0.15) is 17.2 Å². The molecular formula is C15H18BrN3O2. The van der Waals surface area contributed by atoms with Gasteiger partial charge in [0.25, 0.3) is 0 Å². The smallest absolute Gasteiger partial charge is 0.141 e. The van der Waals surface area contributed by atoms with Crippen LogP contribution in [-0.4, -0.2) is 19.2 Å². The molecule has 0 radical (unpaired) electrons. The standard InChI is InChI=1S/C15H18BrN3O2/c1-20-13-6-5-11(15(21-2)14(13)16)12(19-17)8-10-4-3-7-18-9-10/h3-7,9,12,19H,8,17H2,1-2H3. The largest absolute Gasteiger partial charge is 0.495 e. The van der Waals surface area contributed by atoms with Crippen molar-refractivity contribution in [2.45, 2.75) is 12.5 Å². The van der Waals surface area contributed by atoms with Crippen LogP contribution in [0.25, 0.3) is 0 Å². The molecule has 0 bridgehead atoms. The first-order chi connectivity index (χ1) is 10.2. The number of hydrogen-bond donors (Lipinski definition) is 2. The maximum atomic E-state index is 5.72. The van der Waals surface area contributed by atoms with Crippen molar-refractivity contribution < 1.29 is 9.47 Å². The van der Waals surface area contributed by atoms with Crippen LogP contribution in [-0.2, 0) is 6.42 Å². The number of methoxy groups -OCH3 is 2. The number of nitrogens with two attached hydrogens (primary N) is 1. The minimum Gasteiger partial charge on any atom is -0.495 e. The van der Waals surface area contributed by atoms with E-state index < -0.39 is 0 Å². The summed E-state index contributed by atoms with van der Waals surface area (Å²) in [5.41, 5.74) is 4.88. The number of nitrogens with zero attached hydrogens (tertiary/aromatic N) is 1. The Morgan fingerprint density at radius 3 is 2.67 bits per heavy atom. The minimum atomic E-state index is -0.0913. The van der Waals surface area contributed by atoms with Gasteiger partial charge in [-0.15, -0.1) is 0 Å². The fraction of sp³-hybridized carbons (Fsp3) is 0.267. The number of nitrogens with one attached hydrogen (secondary N) is 1. The van der Waals surface area contributed by atoms with Gasteiger partial charge in [0.2, 0.25) is 0 Å². The molecule has 0 aliphatic heterocycles. The highest BCUT2D eigenvalue weighted by Crippen LogP contribution is 2.40. The Hall–Kier alpha value is -1.63. The molecule has 1 heterocycles. The predicted octanol–water partition coefficient (Wildman–Crippen LogP) is 2.61. The summed E-state index contributed by atoms with van der Waals surface area (Å²) in [6.45, 7) is 0. The fourth-order valence-corrected chi connectivity index (χ4v) is 2.89.